The molecule has 0 fully saturated rings. The predicted octanol–water partition coefficient (Wildman–Crippen LogP) is 4.38. The highest BCUT2D eigenvalue weighted by Gasteiger charge is 2.27. The SMILES string of the molecule is C=C1c2ccccc2-c2cccc(C(=O)Nc3cccc(C(=O)O)c3C(=O)O)c21. The van der Waals surface area contributed by atoms with Crippen LogP contribution in [0.2, 0.25) is 0 Å². The Hall–Kier alpha value is -4.19. The van der Waals surface area contributed by atoms with Gasteiger partial charge in [-0.15, -0.1) is 0 Å². The lowest BCUT2D eigenvalue weighted by Gasteiger charge is -2.13. The van der Waals surface area contributed by atoms with Crippen LogP contribution in [0.4, 0.5) is 5.69 Å². The number of carboxylic acid groups (broad SMARTS) is 2. The van der Waals surface area contributed by atoms with Crippen LogP contribution in [0.5, 0.6) is 0 Å². The maximum atomic E-state index is 13.0. The van der Waals surface area contributed by atoms with Gasteiger partial charge >= 0.3 is 11.9 Å². The first kappa shape index (κ1) is 18.2. The van der Waals surface area contributed by atoms with E-state index in [1.54, 1.807) is 12.1 Å². The van der Waals surface area contributed by atoms with Crippen LogP contribution in [-0.4, -0.2) is 28.1 Å². The second kappa shape index (κ2) is 6.76. The second-order valence-electron chi connectivity index (χ2n) is 6.54. The Balaban J connectivity index is 1.78. The zero-order valence-electron chi connectivity index (χ0n) is 15.1. The second-order valence-corrected chi connectivity index (χ2v) is 6.54. The molecule has 0 aromatic heterocycles. The van der Waals surface area contributed by atoms with Crippen LogP contribution in [0.25, 0.3) is 16.7 Å². The van der Waals surface area contributed by atoms with Crippen molar-refractivity contribution < 1.29 is 24.6 Å². The summed E-state index contributed by atoms with van der Waals surface area (Å²) in [7, 11) is 0. The summed E-state index contributed by atoms with van der Waals surface area (Å²) in [6.07, 6.45) is 0. The topological polar surface area (TPSA) is 104 Å². The molecule has 4 rings (SSSR count). The van der Waals surface area contributed by atoms with Crippen molar-refractivity contribution in [1.29, 1.82) is 0 Å². The number of fused-ring (bicyclic) bond motifs is 3. The van der Waals surface area contributed by atoms with Gasteiger partial charge in [0, 0.05) is 11.1 Å². The summed E-state index contributed by atoms with van der Waals surface area (Å²) in [6.45, 7) is 4.12. The molecule has 1 amide bonds. The maximum absolute atomic E-state index is 13.0. The largest absolute Gasteiger partial charge is 0.478 e. The molecule has 0 heterocycles. The number of nitrogens with one attached hydrogen (secondary N) is 1. The molecule has 0 saturated heterocycles. The van der Waals surface area contributed by atoms with E-state index in [0.29, 0.717) is 16.7 Å². The third-order valence-corrected chi connectivity index (χ3v) is 4.91. The predicted molar refractivity (Wildman–Crippen MR) is 108 cm³/mol. The van der Waals surface area contributed by atoms with Gasteiger partial charge in [0.15, 0.2) is 0 Å². The van der Waals surface area contributed by atoms with Crippen LogP contribution in [0.3, 0.4) is 0 Å². The summed E-state index contributed by atoms with van der Waals surface area (Å²) in [6, 6.07) is 16.9. The Kier molecular flexibility index (Phi) is 4.24. The molecule has 3 N–H and O–H groups in total. The zero-order chi connectivity index (χ0) is 20.7. The molecular weight excluding hydrogens is 370 g/mol. The molecule has 6 nitrogen and oxygen atoms in total. The minimum absolute atomic E-state index is 0.0823. The van der Waals surface area contributed by atoms with Crippen LogP contribution in [0.1, 0.15) is 42.2 Å². The molecule has 6 heteroatoms. The summed E-state index contributed by atoms with van der Waals surface area (Å²) in [4.78, 5) is 36.0. The normalized spacial score (nSPS) is 11.5. The number of carboxylic acids is 2. The van der Waals surface area contributed by atoms with E-state index in [2.05, 4.69) is 11.9 Å². The van der Waals surface area contributed by atoms with E-state index < -0.39 is 29.0 Å². The summed E-state index contributed by atoms with van der Waals surface area (Å²) >= 11 is 0. The number of hydrogen-bond acceptors (Lipinski definition) is 3. The first-order chi connectivity index (χ1) is 13.9. The number of anilines is 1. The van der Waals surface area contributed by atoms with E-state index in [9.17, 15) is 24.6 Å². The molecule has 0 saturated carbocycles. The third-order valence-electron chi connectivity index (χ3n) is 4.91. The molecule has 3 aromatic carbocycles. The number of amides is 1. The third kappa shape index (κ3) is 2.87. The summed E-state index contributed by atoms with van der Waals surface area (Å²) < 4.78 is 0. The Labute approximate surface area is 165 Å². The average Bonchev–Trinajstić information content (AvgIpc) is 3.00. The molecule has 29 heavy (non-hydrogen) atoms. The highest BCUT2D eigenvalue weighted by atomic mass is 16.4. The molecule has 0 unspecified atom stereocenters. The molecule has 0 aliphatic heterocycles. The maximum Gasteiger partial charge on any atom is 0.338 e. The van der Waals surface area contributed by atoms with Crippen LogP contribution in [-0.2, 0) is 0 Å². The van der Waals surface area contributed by atoms with Crippen molar-refractivity contribution in [2.45, 2.75) is 0 Å². The number of aromatic carboxylic acids is 2. The van der Waals surface area contributed by atoms with Crippen molar-refractivity contribution in [2.24, 2.45) is 0 Å². The molecule has 3 aromatic rings. The van der Waals surface area contributed by atoms with Gasteiger partial charge in [-0.2, -0.15) is 0 Å². The minimum atomic E-state index is -1.44. The van der Waals surface area contributed by atoms with Crippen molar-refractivity contribution >= 4 is 29.1 Å². The Morgan fingerprint density at radius 3 is 2.03 bits per heavy atom. The van der Waals surface area contributed by atoms with Crippen molar-refractivity contribution in [3.05, 3.63) is 95.1 Å². The van der Waals surface area contributed by atoms with Gasteiger partial charge in [-0.25, -0.2) is 9.59 Å². The van der Waals surface area contributed by atoms with Crippen molar-refractivity contribution in [3.63, 3.8) is 0 Å². The molecular formula is C23H15NO5. The molecule has 142 valence electrons. The molecule has 0 radical (unpaired) electrons. The van der Waals surface area contributed by atoms with Crippen molar-refractivity contribution in [1.82, 2.24) is 0 Å². The highest BCUT2D eigenvalue weighted by Crippen LogP contribution is 2.44. The highest BCUT2D eigenvalue weighted by molar-refractivity contribution is 6.15. The number of carbonyl (C=O) groups excluding carboxylic acids is 1. The molecule has 0 bridgehead atoms. The van der Waals surface area contributed by atoms with E-state index >= 15 is 0 Å². The summed E-state index contributed by atoms with van der Waals surface area (Å²) in [5, 5.41) is 21.3. The number of carbonyl (C=O) groups is 3. The monoisotopic (exact) mass is 385 g/mol. The zero-order valence-corrected chi connectivity index (χ0v) is 15.1. The van der Waals surface area contributed by atoms with Gasteiger partial charge in [0.1, 0.15) is 0 Å². The lowest BCUT2D eigenvalue weighted by Crippen LogP contribution is -2.18. The number of benzene rings is 3. The van der Waals surface area contributed by atoms with Gasteiger partial charge in [0.2, 0.25) is 0 Å². The fourth-order valence-corrected chi connectivity index (χ4v) is 3.66. The van der Waals surface area contributed by atoms with Gasteiger partial charge in [0.25, 0.3) is 5.91 Å². The average molecular weight is 385 g/mol. The fraction of sp³-hybridized carbons (Fsp3) is 0. The lowest BCUT2D eigenvalue weighted by atomic mass is 9.98. The lowest BCUT2D eigenvalue weighted by molar-refractivity contribution is 0.0652. The van der Waals surface area contributed by atoms with Crippen LogP contribution >= 0.6 is 0 Å². The summed E-state index contributed by atoms with van der Waals surface area (Å²) in [5.74, 6) is -3.36. The van der Waals surface area contributed by atoms with Crippen molar-refractivity contribution in [3.8, 4) is 11.1 Å². The number of hydrogen-bond donors (Lipinski definition) is 3. The minimum Gasteiger partial charge on any atom is -0.478 e. The van der Waals surface area contributed by atoms with Crippen LogP contribution in [0, 0.1) is 0 Å². The van der Waals surface area contributed by atoms with E-state index in [1.807, 2.05) is 30.3 Å². The van der Waals surface area contributed by atoms with Gasteiger partial charge in [0.05, 0.1) is 16.8 Å². The van der Waals surface area contributed by atoms with E-state index in [1.165, 1.54) is 18.2 Å². The standard InChI is InChI=1S/C23H15NO5/c1-12-13-6-2-3-7-14(13)15-8-4-9-16(19(12)15)21(25)24-18-11-5-10-17(22(26)27)20(18)23(28)29/h2-11H,1H2,(H,24,25)(H,26,27)(H,28,29). The van der Waals surface area contributed by atoms with E-state index in [-0.39, 0.29) is 5.69 Å². The van der Waals surface area contributed by atoms with Gasteiger partial charge in [-0.1, -0.05) is 49.0 Å². The molecule has 0 atom stereocenters. The molecule has 0 spiro atoms. The van der Waals surface area contributed by atoms with Gasteiger partial charge < -0.3 is 15.5 Å². The molecule has 1 aliphatic rings. The van der Waals surface area contributed by atoms with Crippen LogP contribution in [0.15, 0.2) is 67.2 Å². The van der Waals surface area contributed by atoms with Crippen LogP contribution < -0.4 is 5.32 Å². The van der Waals surface area contributed by atoms with Gasteiger partial charge in [-0.3, -0.25) is 4.79 Å². The number of rotatable bonds is 4. The van der Waals surface area contributed by atoms with E-state index in [4.69, 9.17) is 0 Å². The van der Waals surface area contributed by atoms with Gasteiger partial charge in [-0.05, 0) is 40.5 Å². The smallest absolute Gasteiger partial charge is 0.338 e. The Morgan fingerprint density at radius 2 is 1.34 bits per heavy atom. The van der Waals surface area contributed by atoms with Crippen molar-refractivity contribution in [2.75, 3.05) is 5.32 Å². The molecule has 1 aliphatic carbocycles. The summed E-state index contributed by atoms with van der Waals surface area (Å²) in [5.41, 5.74) is 3.55. The first-order valence-corrected chi connectivity index (χ1v) is 8.73. The quantitative estimate of drug-likeness (QED) is 0.484. The van der Waals surface area contributed by atoms with E-state index in [0.717, 1.165) is 16.7 Å². The first-order valence-electron chi connectivity index (χ1n) is 8.73. The Morgan fingerprint density at radius 1 is 0.724 bits per heavy atom. The Bertz CT molecular complexity index is 1230. The fourth-order valence-electron chi connectivity index (χ4n) is 3.66.